The molecule has 0 amide bonds. The van der Waals surface area contributed by atoms with Crippen molar-refractivity contribution in [3.63, 3.8) is 0 Å². The van der Waals surface area contributed by atoms with E-state index in [1.807, 2.05) is 13.1 Å². The zero-order chi connectivity index (χ0) is 13.0. The quantitative estimate of drug-likeness (QED) is 0.851. The number of aromatic hydroxyl groups is 1. The van der Waals surface area contributed by atoms with Gasteiger partial charge in [0.1, 0.15) is 11.5 Å². The summed E-state index contributed by atoms with van der Waals surface area (Å²) in [6.07, 6.45) is 2.44. The highest BCUT2D eigenvalue weighted by Crippen LogP contribution is 2.25. The zero-order valence-corrected chi connectivity index (χ0v) is 11.1. The topological polar surface area (TPSA) is 44.7 Å². The van der Waals surface area contributed by atoms with Crippen LogP contribution in [0.1, 0.15) is 18.4 Å². The van der Waals surface area contributed by atoms with Crippen LogP contribution in [0.5, 0.6) is 11.5 Å². The Morgan fingerprint density at radius 2 is 2.33 bits per heavy atom. The highest BCUT2D eigenvalue weighted by atomic mass is 16.5. The molecular formula is C14H22N2O2. The molecule has 0 aliphatic carbocycles. The number of likely N-dealkylation sites (tertiary alicyclic amines) is 1. The fourth-order valence-corrected chi connectivity index (χ4v) is 2.49. The van der Waals surface area contributed by atoms with Gasteiger partial charge in [-0.3, -0.25) is 4.90 Å². The molecule has 18 heavy (non-hydrogen) atoms. The molecule has 1 unspecified atom stereocenters. The summed E-state index contributed by atoms with van der Waals surface area (Å²) in [7, 11) is 3.66. The van der Waals surface area contributed by atoms with Crippen molar-refractivity contribution in [1.82, 2.24) is 10.2 Å². The Bertz CT molecular complexity index is 395. The molecule has 0 radical (unpaired) electrons. The van der Waals surface area contributed by atoms with Crippen LogP contribution in [0, 0.1) is 0 Å². The van der Waals surface area contributed by atoms with Crippen LogP contribution < -0.4 is 10.1 Å². The summed E-state index contributed by atoms with van der Waals surface area (Å²) in [5, 5.41) is 13.2. The second-order valence-electron chi connectivity index (χ2n) is 4.86. The normalized spacial score (nSPS) is 20.9. The largest absolute Gasteiger partial charge is 0.508 e. The fraction of sp³-hybridized carbons (Fsp3) is 0.571. The van der Waals surface area contributed by atoms with Crippen molar-refractivity contribution in [3.8, 4) is 11.5 Å². The minimum absolute atomic E-state index is 0.349. The molecule has 1 saturated heterocycles. The smallest absolute Gasteiger partial charge is 0.120 e. The second-order valence-corrected chi connectivity index (χ2v) is 4.86. The Morgan fingerprint density at radius 3 is 3.06 bits per heavy atom. The summed E-state index contributed by atoms with van der Waals surface area (Å²) in [6.45, 7) is 2.91. The van der Waals surface area contributed by atoms with Crippen LogP contribution in [0.15, 0.2) is 18.2 Å². The number of nitrogens with one attached hydrogen (secondary N) is 1. The average Bonchev–Trinajstić information content (AvgIpc) is 2.41. The van der Waals surface area contributed by atoms with Gasteiger partial charge in [-0.25, -0.2) is 0 Å². The molecule has 1 aromatic rings. The van der Waals surface area contributed by atoms with Gasteiger partial charge in [-0.1, -0.05) is 0 Å². The molecule has 1 heterocycles. The number of benzene rings is 1. The van der Waals surface area contributed by atoms with Gasteiger partial charge in [-0.15, -0.1) is 0 Å². The van der Waals surface area contributed by atoms with Crippen LogP contribution in [0.25, 0.3) is 0 Å². The van der Waals surface area contributed by atoms with E-state index in [-0.39, 0.29) is 0 Å². The van der Waals surface area contributed by atoms with Crippen LogP contribution in [-0.4, -0.2) is 43.3 Å². The van der Waals surface area contributed by atoms with Gasteiger partial charge in [-0.05, 0) is 44.6 Å². The van der Waals surface area contributed by atoms with Crippen LogP contribution in [0.4, 0.5) is 0 Å². The highest BCUT2D eigenvalue weighted by molar-refractivity contribution is 5.39. The van der Waals surface area contributed by atoms with Gasteiger partial charge in [-0.2, -0.15) is 0 Å². The first kappa shape index (κ1) is 13.2. The number of hydrogen-bond donors (Lipinski definition) is 2. The molecule has 1 atom stereocenters. The molecule has 1 aliphatic heterocycles. The predicted octanol–water partition coefficient (Wildman–Crippen LogP) is 1.58. The number of likely N-dealkylation sites (N-methyl/N-ethyl adjacent to an activating group) is 1. The first-order valence-corrected chi connectivity index (χ1v) is 6.48. The standard InChI is InChI=1S/C14H22N2O2/c1-15-12-4-3-7-16(10-12)9-11-8-13(18-2)5-6-14(11)17/h5-6,8,12,15,17H,3-4,7,9-10H2,1-2H3. The van der Waals surface area contributed by atoms with E-state index in [9.17, 15) is 5.11 Å². The molecule has 2 rings (SSSR count). The summed E-state index contributed by atoms with van der Waals surface area (Å²) in [5.74, 6) is 1.15. The molecule has 4 nitrogen and oxygen atoms in total. The van der Waals surface area contributed by atoms with E-state index < -0.39 is 0 Å². The summed E-state index contributed by atoms with van der Waals surface area (Å²) in [5.41, 5.74) is 0.936. The van der Waals surface area contributed by atoms with Crippen LogP contribution >= 0.6 is 0 Å². The Labute approximate surface area is 109 Å². The van der Waals surface area contributed by atoms with Crippen molar-refractivity contribution in [1.29, 1.82) is 0 Å². The number of phenols is 1. The number of nitrogens with zero attached hydrogens (tertiary/aromatic N) is 1. The van der Waals surface area contributed by atoms with Gasteiger partial charge in [0.25, 0.3) is 0 Å². The Hall–Kier alpha value is -1.26. The second kappa shape index (κ2) is 6.07. The minimum atomic E-state index is 0.349. The van der Waals surface area contributed by atoms with Crippen LogP contribution in [-0.2, 0) is 6.54 Å². The fourth-order valence-electron chi connectivity index (χ4n) is 2.49. The van der Waals surface area contributed by atoms with Crippen molar-refractivity contribution in [2.24, 2.45) is 0 Å². The number of methoxy groups -OCH3 is 1. The third kappa shape index (κ3) is 3.15. The average molecular weight is 250 g/mol. The summed E-state index contributed by atoms with van der Waals surface area (Å²) >= 11 is 0. The molecule has 0 spiro atoms. The molecule has 1 fully saturated rings. The van der Waals surface area contributed by atoms with Crippen LogP contribution in [0.3, 0.4) is 0 Å². The molecular weight excluding hydrogens is 228 g/mol. The molecule has 0 saturated carbocycles. The van der Waals surface area contributed by atoms with Gasteiger partial charge in [0.15, 0.2) is 0 Å². The first-order valence-electron chi connectivity index (χ1n) is 6.48. The number of phenolic OH excluding ortho intramolecular Hbond substituents is 1. The van der Waals surface area contributed by atoms with Crippen molar-refractivity contribution < 1.29 is 9.84 Å². The van der Waals surface area contributed by atoms with Crippen LogP contribution in [0.2, 0.25) is 0 Å². The van der Waals surface area contributed by atoms with Gasteiger partial charge < -0.3 is 15.2 Å². The number of rotatable bonds is 4. The lowest BCUT2D eigenvalue weighted by molar-refractivity contribution is 0.186. The van der Waals surface area contributed by atoms with E-state index >= 15 is 0 Å². The van der Waals surface area contributed by atoms with E-state index in [0.29, 0.717) is 11.8 Å². The maximum Gasteiger partial charge on any atom is 0.120 e. The Kier molecular flexibility index (Phi) is 4.44. The highest BCUT2D eigenvalue weighted by Gasteiger charge is 2.19. The molecule has 1 aliphatic rings. The lowest BCUT2D eigenvalue weighted by Gasteiger charge is -2.32. The third-order valence-corrected chi connectivity index (χ3v) is 3.59. The van der Waals surface area contributed by atoms with E-state index in [4.69, 9.17) is 4.74 Å². The molecule has 0 aromatic heterocycles. The maximum atomic E-state index is 9.89. The SMILES string of the molecule is CNC1CCCN(Cc2cc(OC)ccc2O)C1. The lowest BCUT2D eigenvalue weighted by Crippen LogP contribution is -2.43. The van der Waals surface area contributed by atoms with Gasteiger partial charge in [0, 0.05) is 24.7 Å². The molecule has 0 bridgehead atoms. The summed E-state index contributed by atoms with van der Waals surface area (Å²) in [4.78, 5) is 2.37. The molecule has 100 valence electrons. The van der Waals surface area contributed by atoms with Gasteiger partial charge in [0.05, 0.1) is 7.11 Å². The number of hydrogen-bond acceptors (Lipinski definition) is 4. The summed E-state index contributed by atoms with van der Waals surface area (Å²) < 4.78 is 5.20. The van der Waals surface area contributed by atoms with E-state index in [0.717, 1.165) is 30.9 Å². The predicted molar refractivity (Wildman–Crippen MR) is 72.0 cm³/mol. The Balaban J connectivity index is 2.04. The zero-order valence-electron chi connectivity index (χ0n) is 11.1. The van der Waals surface area contributed by atoms with Crippen molar-refractivity contribution in [2.75, 3.05) is 27.2 Å². The van der Waals surface area contributed by atoms with Crippen molar-refractivity contribution >= 4 is 0 Å². The lowest BCUT2D eigenvalue weighted by atomic mass is 10.0. The molecule has 4 heteroatoms. The van der Waals surface area contributed by atoms with Gasteiger partial charge >= 0.3 is 0 Å². The third-order valence-electron chi connectivity index (χ3n) is 3.59. The minimum Gasteiger partial charge on any atom is -0.508 e. The van der Waals surface area contributed by atoms with Crippen molar-refractivity contribution in [3.05, 3.63) is 23.8 Å². The maximum absolute atomic E-state index is 9.89. The Morgan fingerprint density at radius 1 is 1.50 bits per heavy atom. The molecule has 1 aromatic carbocycles. The first-order chi connectivity index (χ1) is 8.72. The monoisotopic (exact) mass is 250 g/mol. The van der Waals surface area contributed by atoms with Gasteiger partial charge in [0.2, 0.25) is 0 Å². The number of piperidine rings is 1. The number of ether oxygens (including phenoxy) is 1. The van der Waals surface area contributed by atoms with E-state index in [1.54, 1.807) is 19.2 Å². The van der Waals surface area contributed by atoms with Crippen molar-refractivity contribution in [2.45, 2.75) is 25.4 Å². The van der Waals surface area contributed by atoms with E-state index in [2.05, 4.69) is 10.2 Å². The van der Waals surface area contributed by atoms with E-state index in [1.165, 1.54) is 12.8 Å². The molecule has 2 N–H and O–H groups in total. The summed E-state index contributed by atoms with van der Waals surface area (Å²) in [6, 6.07) is 5.96.